The molecule has 0 radical (unpaired) electrons. The highest BCUT2D eigenvalue weighted by Crippen LogP contribution is 2.03. The molecule has 0 rings (SSSR count). The maximum Gasteiger partial charge on any atom is 0.151 e. The van der Waals surface area contributed by atoms with Crippen molar-refractivity contribution in [2.24, 2.45) is 0 Å². The lowest BCUT2D eigenvalue weighted by atomic mass is 10.3. The third kappa shape index (κ3) is 6.38. The molecular formula is C10H23NO2S. The summed E-state index contributed by atoms with van der Waals surface area (Å²) in [6.07, 6.45) is 3.75. The molecule has 0 saturated heterocycles. The van der Waals surface area contributed by atoms with Gasteiger partial charge in [0, 0.05) is 6.04 Å². The fourth-order valence-corrected chi connectivity index (χ4v) is 3.19. The number of nitrogens with one attached hydrogen (secondary N) is 1. The van der Waals surface area contributed by atoms with Gasteiger partial charge in [-0.05, 0) is 19.9 Å². The van der Waals surface area contributed by atoms with Crippen LogP contribution in [0.15, 0.2) is 0 Å². The molecule has 1 unspecified atom stereocenters. The van der Waals surface area contributed by atoms with Crippen LogP contribution in [0.5, 0.6) is 0 Å². The van der Waals surface area contributed by atoms with Crippen molar-refractivity contribution in [2.45, 2.75) is 45.6 Å². The molecule has 0 aromatic rings. The molecule has 14 heavy (non-hydrogen) atoms. The Balaban J connectivity index is 3.93. The Hall–Kier alpha value is -0.0900. The average Bonchev–Trinajstić information content (AvgIpc) is 2.14. The van der Waals surface area contributed by atoms with Gasteiger partial charge in [0.2, 0.25) is 0 Å². The second kappa shape index (κ2) is 7.23. The van der Waals surface area contributed by atoms with Crippen molar-refractivity contribution in [2.75, 3.05) is 18.6 Å². The first kappa shape index (κ1) is 13.9. The topological polar surface area (TPSA) is 46.2 Å². The summed E-state index contributed by atoms with van der Waals surface area (Å²) < 4.78 is 23.2. The van der Waals surface area contributed by atoms with Crippen LogP contribution >= 0.6 is 0 Å². The zero-order chi connectivity index (χ0) is 11.0. The normalized spacial score (nSPS) is 14.2. The predicted octanol–water partition coefficient (Wildman–Crippen LogP) is 1.59. The number of sulfone groups is 1. The highest BCUT2D eigenvalue weighted by atomic mass is 32.2. The quantitative estimate of drug-likeness (QED) is 0.633. The van der Waals surface area contributed by atoms with Crippen LogP contribution in [0.3, 0.4) is 0 Å². The van der Waals surface area contributed by atoms with Crippen molar-refractivity contribution in [3.05, 3.63) is 0 Å². The van der Waals surface area contributed by atoms with Crippen molar-refractivity contribution in [1.29, 1.82) is 0 Å². The summed E-state index contributed by atoms with van der Waals surface area (Å²) in [6, 6.07) is 0.113. The Morgan fingerprint density at radius 3 is 2.29 bits per heavy atom. The van der Waals surface area contributed by atoms with Gasteiger partial charge in [-0.2, -0.15) is 0 Å². The molecule has 0 aliphatic rings. The van der Waals surface area contributed by atoms with Crippen molar-refractivity contribution in [1.82, 2.24) is 5.32 Å². The van der Waals surface area contributed by atoms with Crippen LogP contribution in [0.4, 0.5) is 0 Å². The van der Waals surface area contributed by atoms with Crippen molar-refractivity contribution < 1.29 is 8.42 Å². The van der Waals surface area contributed by atoms with Gasteiger partial charge in [-0.25, -0.2) is 8.42 Å². The molecule has 0 saturated carbocycles. The molecule has 1 atom stereocenters. The minimum atomic E-state index is -2.84. The second-order valence-corrected chi connectivity index (χ2v) is 5.94. The molecule has 3 nitrogen and oxygen atoms in total. The van der Waals surface area contributed by atoms with Gasteiger partial charge in [-0.15, -0.1) is 0 Å². The van der Waals surface area contributed by atoms with E-state index in [0.717, 1.165) is 25.7 Å². The molecule has 0 aliphatic heterocycles. The minimum Gasteiger partial charge on any atom is -0.316 e. The summed E-state index contributed by atoms with van der Waals surface area (Å²) in [5, 5.41) is 3.02. The zero-order valence-corrected chi connectivity index (χ0v) is 10.4. The van der Waals surface area contributed by atoms with Gasteiger partial charge >= 0.3 is 0 Å². The maximum atomic E-state index is 11.6. The lowest BCUT2D eigenvalue weighted by molar-refractivity contribution is 0.553. The van der Waals surface area contributed by atoms with Crippen LogP contribution in [0.2, 0.25) is 0 Å². The average molecular weight is 221 g/mol. The molecule has 0 aliphatic carbocycles. The van der Waals surface area contributed by atoms with Gasteiger partial charge in [0.1, 0.15) is 0 Å². The van der Waals surface area contributed by atoms with E-state index in [0.29, 0.717) is 5.75 Å². The Kier molecular flexibility index (Phi) is 7.19. The highest BCUT2D eigenvalue weighted by molar-refractivity contribution is 7.91. The second-order valence-electron chi connectivity index (χ2n) is 3.72. The van der Waals surface area contributed by atoms with E-state index in [1.807, 2.05) is 14.0 Å². The Labute approximate surface area is 88.2 Å². The summed E-state index contributed by atoms with van der Waals surface area (Å²) >= 11 is 0. The molecular weight excluding hydrogens is 198 g/mol. The van der Waals surface area contributed by atoms with Gasteiger partial charge in [0.15, 0.2) is 9.84 Å². The SMILES string of the molecule is CCCCCS(=O)(=O)CC(CC)NC. The summed E-state index contributed by atoms with van der Waals surface area (Å²) in [6.45, 7) is 4.08. The van der Waals surface area contributed by atoms with Gasteiger partial charge in [0.25, 0.3) is 0 Å². The first-order chi connectivity index (χ1) is 6.55. The van der Waals surface area contributed by atoms with E-state index < -0.39 is 9.84 Å². The lowest BCUT2D eigenvalue weighted by Gasteiger charge is -2.13. The minimum absolute atomic E-state index is 0.113. The van der Waals surface area contributed by atoms with E-state index in [4.69, 9.17) is 0 Å². The number of hydrogen-bond acceptors (Lipinski definition) is 3. The zero-order valence-electron chi connectivity index (χ0n) is 9.54. The molecule has 4 heteroatoms. The van der Waals surface area contributed by atoms with E-state index in [2.05, 4.69) is 12.2 Å². The van der Waals surface area contributed by atoms with Crippen molar-refractivity contribution in [3.8, 4) is 0 Å². The van der Waals surface area contributed by atoms with E-state index in [9.17, 15) is 8.42 Å². The summed E-state index contributed by atoms with van der Waals surface area (Å²) in [7, 11) is -1.02. The monoisotopic (exact) mass is 221 g/mol. The summed E-state index contributed by atoms with van der Waals surface area (Å²) in [4.78, 5) is 0. The molecule has 1 N–H and O–H groups in total. The van der Waals surface area contributed by atoms with E-state index >= 15 is 0 Å². The fraction of sp³-hybridized carbons (Fsp3) is 1.00. The van der Waals surface area contributed by atoms with Crippen LogP contribution in [-0.4, -0.2) is 33.0 Å². The van der Waals surface area contributed by atoms with Crippen molar-refractivity contribution >= 4 is 9.84 Å². The highest BCUT2D eigenvalue weighted by Gasteiger charge is 2.15. The maximum absolute atomic E-state index is 11.6. The first-order valence-corrected chi connectivity index (χ1v) is 7.25. The fourth-order valence-electron chi connectivity index (χ4n) is 1.37. The van der Waals surface area contributed by atoms with Crippen LogP contribution in [0.25, 0.3) is 0 Å². The third-order valence-corrected chi connectivity index (χ3v) is 4.24. The summed E-state index contributed by atoms with van der Waals surface area (Å²) in [5.74, 6) is 0.628. The number of unbranched alkanes of at least 4 members (excludes halogenated alkanes) is 2. The molecule has 0 aromatic heterocycles. The van der Waals surface area contributed by atoms with Gasteiger partial charge < -0.3 is 5.32 Å². The smallest absolute Gasteiger partial charge is 0.151 e. The number of rotatable bonds is 8. The Morgan fingerprint density at radius 1 is 1.21 bits per heavy atom. The summed E-state index contributed by atoms with van der Waals surface area (Å²) in [5.41, 5.74) is 0. The largest absolute Gasteiger partial charge is 0.316 e. The Bertz CT molecular complexity index is 220. The predicted molar refractivity (Wildman–Crippen MR) is 61.3 cm³/mol. The van der Waals surface area contributed by atoms with Gasteiger partial charge in [-0.3, -0.25) is 0 Å². The molecule has 0 fully saturated rings. The standard InChI is InChI=1S/C10H23NO2S/c1-4-6-7-8-14(12,13)9-10(5-2)11-3/h10-11H,4-9H2,1-3H3. The van der Waals surface area contributed by atoms with Gasteiger partial charge in [0.05, 0.1) is 11.5 Å². The van der Waals surface area contributed by atoms with E-state index in [1.165, 1.54) is 0 Å². The van der Waals surface area contributed by atoms with Crippen LogP contribution in [0, 0.1) is 0 Å². The molecule has 0 heterocycles. The van der Waals surface area contributed by atoms with Crippen LogP contribution < -0.4 is 5.32 Å². The van der Waals surface area contributed by atoms with E-state index in [1.54, 1.807) is 0 Å². The van der Waals surface area contributed by atoms with Crippen LogP contribution in [-0.2, 0) is 9.84 Å². The van der Waals surface area contributed by atoms with Gasteiger partial charge in [-0.1, -0.05) is 26.7 Å². The lowest BCUT2D eigenvalue weighted by Crippen LogP contribution is -2.33. The Morgan fingerprint density at radius 2 is 1.86 bits per heavy atom. The van der Waals surface area contributed by atoms with Crippen LogP contribution in [0.1, 0.15) is 39.5 Å². The molecule has 0 amide bonds. The first-order valence-electron chi connectivity index (χ1n) is 5.43. The van der Waals surface area contributed by atoms with Crippen molar-refractivity contribution in [3.63, 3.8) is 0 Å². The molecule has 0 spiro atoms. The molecule has 0 bridgehead atoms. The molecule has 86 valence electrons. The molecule has 0 aromatic carbocycles. The number of hydrogen-bond donors (Lipinski definition) is 1. The third-order valence-electron chi connectivity index (χ3n) is 2.42. The van der Waals surface area contributed by atoms with E-state index in [-0.39, 0.29) is 11.8 Å².